The Balaban J connectivity index is 0.000000640. The van der Waals surface area contributed by atoms with E-state index < -0.39 is 0 Å². The summed E-state index contributed by atoms with van der Waals surface area (Å²) in [7, 11) is 0. The Bertz CT molecular complexity index is 210. The molecule has 0 aromatic carbocycles. The van der Waals surface area contributed by atoms with Crippen molar-refractivity contribution in [2.45, 2.75) is 6.92 Å². The minimum atomic E-state index is -0.157. The molecule has 1 aromatic rings. The van der Waals surface area contributed by atoms with E-state index in [2.05, 4.69) is 10.2 Å². The van der Waals surface area contributed by atoms with Crippen LogP contribution < -0.4 is 5.56 Å². The van der Waals surface area contributed by atoms with Crippen molar-refractivity contribution in [1.29, 1.82) is 0 Å². The van der Waals surface area contributed by atoms with Crippen LogP contribution in [0, 0.1) is 6.92 Å². The minimum absolute atomic E-state index is 0. The molecule has 0 atom stereocenters. The molecule has 0 amide bonds. The number of nitrogens with zero attached hydrogens (tertiary/aromatic N) is 1. The maximum atomic E-state index is 10.3. The van der Waals surface area contributed by atoms with E-state index >= 15 is 0 Å². The molecule has 4 nitrogen and oxygen atoms in total. The highest BCUT2D eigenvalue weighted by Gasteiger charge is 1.80. The molecule has 1 aromatic heterocycles. The van der Waals surface area contributed by atoms with Crippen LogP contribution >= 0.6 is 0 Å². The van der Waals surface area contributed by atoms with Gasteiger partial charge < -0.3 is 5.48 Å². The molecule has 0 aliphatic carbocycles. The van der Waals surface area contributed by atoms with Gasteiger partial charge in [-0.25, -0.2) is 5.10 Å². The number of hydrogen-bond donors (Lipinski definition) is 1. The van der Waals surface area contributed by atoms with Gasteiger partial charge in [0, 0.05) is 6.07 Å². The Morgan fingerprint density at radius 2 is 2.22 bits per heavy atom. The molecule has 0 unspecified atom stereocenters. The van der Waals surface area contributed by atoms with Crippen molar-refractivity contribution in [1.82, 2.24) is 10.2 Å². The van der Waals surface area contributed by atoms with Crippen LogP contribution in [0.2, 0.25) is 0 Å². The molecular weight excluding hydrogens is 120 g/mol. The van der Waals surface area contributed by atoms with Gasteiger partial charge in [-0.1, -0.05) is 0 Å². The summed E-state index contributed by atoms with van der Waals surface area (Å²) >= 11 is 0. The summed E-state index contributed by atoms with van der Waals surface area (Å²) < 4.78 is 0. The highest BCUT2D eigenvalue weighted by Crippen LogP contribution is 1.78. The summed E-state index contributed by atoms with van der Waals surface area (Å²) in [4.78, 5) is 10.3. The van der Waals surface area contributed by atoms with E-state index in [1.54, 1.807) is 6.07 Å². The first-order valence-electron chi connectivity index (χ1n) is 2.31. The lowest BCUT2D eigenvalue weighted by molar-refractivity contribution is 0.824. The maximum Gasteiger partial charge on any atom is 0.264 e. The molecule has 0 saturated heterocycles. The molecule has 0 saturated carbocycles. The third-order valence-electron chi connectivity index (χ3n) is 0.818. The van der Waals surface area contributed by atoms with Gasteiger partial charge in [0.2, 0.25) is 0 Å². The first kappa shape index (κ1) is 7.84. The Kier molecular flexibility index (Phi) is 2.60. The van der Waals surface area contributed by atoms with Gasteiger partial charge in [-0.2, -0.15) is 5.10 Å². The standard InChI is InChI=1S/C5H6N2O.H2O/c1-4-2-3-5(8)7-6-4;/h2-3H,1H3,(H,7,8);1H2. The second kappa shape index (κ2) is 2.99. The molecule has 1 rings (SSSR count). The second-order valence-electron chi connectivity index (χ2n) is 1.56. The van der Waals surface area contributed by atoms with Gasteiger partial charge in [0.15, 0.2) is 0 Å². The lowest BCUT2D eigenvalue weighted by Crippen LogP contribution is -2.05. The van der Waals surface area contributed by atoms with Gasteiger partial charge in [-0.15, -0.1) is 0 Å². The van der Waals surface area contributed by atoms with E-state index in [4.69, 9.17) is 0 Å². The zero-order chi connectivity index (χ0) is 5.98. The first-order chi connectivity index (χ1) is 3.79. The monoisotopic (exact) mass is 128 g/mol. The summed E-state index contributed by atoms with van der Waals surface area (Å²) in [6.07, 6.45) is 0. The number of aromatic nitrogens is 2. The van der Waals surface area contributed by atoms with Crippen molar-refractivity contribution in [2.24, 2.45) is 0 Å². The molecule has 0 spiro atoms. The smallest absolute Gasteiger partial charge is 0.264 e. The van der Waals surface area contributed by atoms with Gasteiger partial charge in [0.25, 0.3) is 5.56 Å². The summed E-state index contributed by atoms with van der Waals surface area (Å²) in [6.45, 7) is 1.82. The number of H-pyrrole nitrogens is 1. The van der Waals surface area contributed by atoms with Crippen molar-refractivity contribution in [2.75, 3.05) is 0 Å². The summed E-state index contributed by atoms with van der Waals surface area (Å²) in [5.74, 6) is 0. The zero-order valence-electron chi connectivity index (χ0n) is 5.01. The second-order valence-corrected chi connectivity index (χ2v) is 1.56. The predicted octanol–water partition coefficient (Wildman–Crippen LogP) is -0.746. The third kappa shape index (κ3) is 2.05. The van der Waals surface area contributed by atoms with Crippen LogP contribution in [-0.2, 0) is 0 Å². The molecule has 0 bridgehead atoms. The van der Waals surface area contributed by atoms with E-state index in [9.17, 15) is 4.79 Å². The van der Waals surface area contributed by atoms with E-state index in [0.29, 0.717) is 0 Å². The van der Waals surface area contributed by atoms with Crippen molar-refractivity contribution >= 4 is 0 Å². The molecule has 4 heteroatoms. The Hall–Kier alpha value is -1.16. The van der Waals surface area contributed by atoms with Crippen LogP contribution in [0.1, 0.15) is 5.69 Å². The van der Waals surface area contributed by atoms with Gasteiger partial charge in [-0.05, 0) is 13.0 Å². The van der Waals surface area contributed by atoms with E-state index in [0.717, 1.165) is 5.69 Å². The number of hydrogen-bond acceptors (Lipinski definition) is 2. The third-order valence-corrected chi connectivity index (χ3v) is 0.818. The van der Waals surface area contributed by atoms with Crippen molar-refractivity contribution in [3.63, 3.8) is 0 Å². The predicted molar refractivity (Wildman–Crippen MR) is 33.2 cm³/mol. The maximum absolute atomic E-state index is 10.3. The van der Waals surface area contributed by atoms with Gasteiger partial charge in [0.1, 0.15) is 0 Å². The first-order valence-corrected chi connectivity index (χ1v) is 2.31. The average Bonchev–Trinajstić information content (AvgIpc) is 1.77. The van der Waals surface area contributed by atoms with Crippen LogP contribution in [0.4, 0.5) is 0 Å². The summed E-state index contributed by atoms with van der Waals surface area (Å²) in [6, 6.07) is 3.11. The molecule has 9 heavy (non-hydrogen) atoms. The Labute approximate surface area is 51.8 Å². The Morgan fingerprint density at radius 3 is 2.56 bits per heavy atom. The highest BCUT2D eigenvalue weighted by molar-refractivity contribution is 4.95. The number of aryl methyl sites for hydroxylation is 1. The SMILES string of the molecule is Cc1ccc(=O)[nH]n1.O. The van der Waals surface area contributed by atoms with Gasteiger partial charge >= 0.3 is 0 Å². The number of nitrogens with one attached hydrogen (secondary N) is 1. The zero-order valence-corrected chi connectivity index (χ0v) is 5.01. The average molecular weight is 128 g/mol. The summed E-state index contributed by atoms with van der Waals surface area (Å²) in [5, 5.41) is 5.94. The minimum Gasteiger partial charge on any atom is -0.412 e. The largest absolute Gasteiger partial charge is 0.412 e. The van der Waals surface area contributed by atoms with Crippen LogP contribution in [0.25, 0.3) is 0 Å². The molecule has 3 N–H and O–H groups in total. The van der Waals surface area contributed by atoms with E-state index in [1.165, 1.54) is 6.07 Å². The lowest BCUT2D eigenvalue weighted by Gasteiger charge is -1.82. The molecule has 50 valence electrons. The fraction of sp³-hybridized carbons (Fsp3) is 0.200. The van der Waals surface area contributed by atoms with Crippen molar-refractivity contribution < 1.29 is 5.48 Å². The fourth-order valence-corrected chi connectivity index (χ4v) is 0.414. The molecule has 0 fully saturated rings. The summed E-state index contributed by atoms with van der Waals surface area (Å²) in [5.41, 5.74) is 0.667. The molecule has 0 aliphatic rings. The van der Waals surface area contributed by atoms with Crippen LogP contribution in [-0.4, -0.2) is 15.7 Å². The topological polar surface area (TPSA) is 77.2 Å². The van der Waals surface area contributed by atoms with Crippen LogP contribution in [0.3, 0.4) is 0 Å². The van der Waals surface area contributed by atoms with E-state index in [-0.39, 0.29) is 11.0 Å². The Morgan fingerprint density at radius 1 is 1.56 bits per heavy atom. The molecule has 1 heterocycles. The normalized spacial score (nSPS) is 8.11. The van der Waals surface area contributed by atoms with Crippen LogP contribution in [0.5, 0.6) is 0 Å². The van der Waals surface area contributed by atoms with E-state index in [1.807, 2.05) is 6.92 Å². The van der Waals surface area contributed by atoms with Crippen molar-refractivity contribution in [3.8, 4) is 0 Å². The molecule has 0 aliphatic heterocycles. The number of aromatic amines is 1. The fourth-order valence-electron chi connectivity index (χ4n) is 0.414. The molecule has 0 radical (unpaired) electrons. The van der Waals surface area contributed by atoms with Crippen molar-refractivity contribution in [3.05, 3.63) is 28.2 Å². The lowest BCUT2D eigenvalue weighted by atomic mass is 10.4. The highest BCUT2D eigenvalue weighted by atomic mass is 16.1. The molecular formula is C5H8N2O2. The quantitative estimate of drug-likeness (QED) is 0.499. The van der Waals surface area contributed by atoms with Crippen LogP contribution in [0.15, 0.2) is 16.9 Å². The van der Waals surface area contributed by atoms with Gasteiger partial charge in [-0.3, -0.25) is 4.79 Å². The van der Waals surface area contributed by atoms with Gasteiger partial charge in [0.05, 0.1) is 5.69 Å². The number of rotatable bonds is 0.